The molecular weight excluding hydrogens is 254 g/mol. The quantitative estimate of drug-likeness (QED) is 0.612. The average molecular weight is 265 g/mol. The Morgan fingerprint density at radius 3 is 2.60 bits per heavy atom. The fourth-order valence-electron chi connectivity index (χ4n) is 2.31. The van der Waals surface area contributed by atoms with Gasteiger partial charge in [-0.2, -0.15) is 0 Å². The zero-order valence-electron chi connectivity index (χ0n) is 9.12. The molecule has 15 heavy (non-hydrogen) atoms. The number of benzene rings is 2. The van der Waals surface area contributed by atoms with Crippen molar-refractivity contribution in [3.8, 4) is 11.1 Å². The van der Waals surface area contributed by atoms with Crippen molar-refractivity contribution >= 4 is 0 Å². The van der Waals surface area contributed by atoms with Gasteiger partial charge in [-0.3, -0.25) is 0 Å². The monoisotopic (exact) mass is 264 g/mol. The van der Waals surface area contributed by atoms with E-state index in [2.05, 4.69) is 49.4 Å². The van der Waals surface area contributed by atoms with Crippen molar-refractivity contribution < 1.29 is 58.2 Å². The minimum atomic E-state index is 0. The summed E-state index contributed by atoms with van der Waals surface area (Å²) < 4.78 is 0. The summed E-state index contributed by atoms with van der Waals surface area (Å²) in [6.45, 7) is 2.26. The van der Waals surface area contributed by atoms with Crippen molar-refractivity contribution in [3.05, 3.63) is 59.7 Å². The first-order valence-electron chi connectivity index (χ1n) is 4.98. The van der Waals surface area contributed by atoms with Crippen molar-refractivity contribution in [2.75, 3.05) is 0 Å². The Balaban J connectivity index is 0.000000853. The molecule has 0 aromatic heterocycles. The molecule has 1 aliphatic carbocycles. The van der Waals surface area contributed by atoms with Gasteiger partial charge in [0.2, 0.25) is 0 Å². The van der Waals surface area contributed by atoms with Crippen LogP contribution in [0.3, 0.4) is 0 Å². The molecule has 0 nitrogen and oxygen atoms in total. The zero-order chi connectivity index (χ0) is 9.54. The van der Waals surface area contributed by atoms with E-state index in [0.29, 0.717) is 5.92 Å². The molecule has 0 amide bonds. The Morgan fingerprint density at radius 2 is 1.73 bits per heavy atom. The smallest absolute Gasteiger partial charge is 0.147 e. The number of rotatable bonds is 0. The van der Waals surface area contributed by atoms with Gasteiger partial charge in [-0.25, -0.2) is 0 Å². The number of fused-ring (bicyclic) bond motifs is 3. The van der Waals surface area contributed by atoms with Gasteiger partial charge in [0.25, 0.3) is 0 Å². The summed E-state index contributed by atoms with van der Waals surface area (Å²) in [5.41, 5.74) is 5.49. The molecule has 0 bridgehead atoms. The third-order valence-corrected chi connectivity index (χ3v) is 3.05. The van der Waals surface area contributed by atoms with Crippen molar-refractivity contribution in [1.82, 2.24) is 0 Å². The first-order valence-corrected chi connectivity index (χ1v) is 4.98. The summed E-state index contributed by atoms with van der Waals surface area (Å²) >= 11 is 0. The van der Waals surface area contributed by atoms with Gasteiger partial charge in [0.05, 0.1) is 0 Å². The van der Waals surface area contributed by atoms with Crippen molar-refractivity contribution in [3.63, 3.8) is 0 Å². The number of hydrogen-bond acceptors (Lipinski definition) is 0. The van der Waals surface area contributed by atoms with Crippen molar-refractivity contribution in [2.24, 2.45) is 0 Å². The standard InChI is InChI=1S/C14H11.Rb/c1-10-11-6-2-4-8-13(11)14-9-5-3-7-12(10)14;/h2-8,10H,1H3;/q-1;+1. The summed E-state index contributed by atoms with van der Waals surface area (Å²) in [4.78, 5) is 0. The van der Waals surface area contributed by atoms with Crippen LogP contribution in [0.4, 0.5) is 0 Å². The molecule has 0 aliphatic heterocycles. The Bertz CT molecular complexity index is 443. The second-order valence-corrected chi connectivity index (χ2v) is 3.81. The molecule has 0 heterocycles. The molecule has 1 heteroatoms. The molecule has 1 atom stereocenters. The molecule has 0 saturated carbocycles. The van der Waals surface area contributed by atoms with Crippen LogP contribution < -0.4 is 58.2 Å². The Labute approximate surface area is 140 Å². The van der Waals surface area contributed by atoms with Crippen LogP contribution in [0.15, 0.2) is 42.5 Å². The van der Waals surface area contributed by atoms with E-state index in [-0.39, 0.29) is 58.2 Å². The van der Waals surface area contributed by atoms with Crippen LogP contribution in [0.1, 0.15) is 24.0 Å². The maximum atomic E-state index is 3.34. The molecule has 0 N–H and O–H groups in total. The molecule has 0 spiro atoms. The van der Waals surface area contributed by atoms with Gasteiger partial charge in [-0.05, 0) is 5.92 Å². The van der Waals surface area contributed by atoms with E-state index in [4.69, 9.17) is 0 Å². The molecule has 3 rings (SSSR count). The van der Waals surface area contributed by atoms with E-state index in [0.717, 1.165) is 0 Å². The van der Waals surface area contributed by atoms with Crippen molar-refractivity contribution in [2.45, 2.75) is 12.8 Å². The van der Waals surface area contributed by atoms with Crippen LogP contribution in [0, 0.1) is 6.07 Å². The second-order valence-electron chi connectivity index (χ2n) is 3.81. The van der Waals surface area contributed by atoms with Crippen LogP contribution in [-0.2, 0) is 0 Å². The third-order valence-electron chi connectivity index (χ3n) is 3.05. The van der Waals surface area contributed by atoms with Gasteiger partial charge in [0.1, 0.15) is 0 Å². The van der Waals surface area contributed by atoms with Crippen LogP contribution >= 0.6 is 0 Å². The predicted molar refractivity (Wildman–Crippen MR) is 58.2 cm³/mol. The van der Waals surface area contributed by atoms with E-state index >= 15 is 0 Å². The van der Waals surface area contributed by atoms with Gasteiger partial charge in [0.15, 0.2) is 0 Å². The summed E-state index contributed by atoms with van der Waals surface area (Å²) in [6.07, 6.45) is 0. The molecule has 2 aromatic carbocycles. The molecular formula is C14H11Rb. The Morgan fingerprint density at radius 1 is 1.00 bits per heavy atom. The maximum absolute atomic E-state index is 3.34. The zero-order valence-corrected chi connectivity index (χ0v) is 14.0. The van der Waals surface area contributed by atoms with E-state index in [1.165, 1.54) is 22.3 Å². The largest absolute Gasteiger partial charge is 1.00 e. The normalized spacial score (nSPS) is 16.5. The predicted octanol–water partition coefficient (Wildman–Crippen LogP) is 0.623. The SMILES string of the molecule is CC1c2ccc[c-]c2-c2ccccc21.[Rb+]. The molecule has 1 unspecified atom stereocenters. The molecule has 68 valence electrons. The van der Waals surface area contributed by atoms with Gasteiger partial charge in [-0.15, -0.1) is 35.4 Å². The van der Waals surface area contributed by atoms with Gasteiger partial charge in [0, 0.05) is 0 Å². The summed E-state index contributed by atoms with van der Waals surface area (Å²) in [7, 11) is 0. The summed E-state index contributed by atoms with van der Waals surface area (Å²) in [6, 6.07) is 18.2. The van der Waals surface area contributed by atoms with E-state index < -0.39 is 0 Å². The van der Waals surface area contributed by atoms with Crippen LogP contribution in [-0.4, -0.2) is 0 Å². The van der Waals surface area contributed by atoms with Crippen molar-refractivity contribution in [1.29, 1.82) is 0 Å². The third kappa shape index (κ3) is 1.82. The Kier molecular flexibility index (Phi) is 3.61. The van der Waals surface area contributed by atoms with E-state index in [9.17, 15) is 0 Å². The molecule has 2 aromatic rings. The fraction of sp³-hybridized carbons (Fsp3) is 0.143. The molecule has 0 saturated heterocycles. The summed E-state index contributed by atoms with van der Waals surface area (Å²) in [5.74, 6) is 0.527. The maximum Gasteiger partial charge on any atom is 1.00 e. The van der Waals surface area contributed by atoms with Gasteiger partial charge >= 0.3 is 58.2 Å². The number of hydrogen-bond donors (Lipinski definition) is 0. The van der Waals surface area contributed by atoms with Crippen LogP contribution in [0.2, 0.25) is 0 Å². The molecule has 0 radical (unpaired) electrons. The minimum absolute atomic E-state index is 0. The van der Waals surface area contributed by atoms with Gasteiger partial charge in [-0.1, -0.05) is 42.3 Å². The fourth-order valence-corrected chi connectivity index (χ4v) is 2.31. The van der Waals surface area contributed by atoms with Crippen LogP contribution in [0.25, 0.3) is 11.1 Å². The van der Waals surface area contributed by atoms with Crippen LogP contribution in [0.5, 0.6) is 0 Å². The molecule has 0 fully saturated rings. The summed E-state index contributed by atoms with van der Waals surface area (Å²) in [5, 5.41) is 0. The topological polar surface area (TPSA) is 0 Å². The average Bonchev–Trinajstić information content (AvgIpc) is 2.55. The van der Waals surface area contributed by atoms with E-state index in [1.54, 1.807) is 0 Å². The first kappa shape index (κ1) is 11.7. The second kappa shape index (κ2) is 4.63. The van der Waals surface area contributed by atoms with Gasteiger partial charge < -0.3 is 0 Å². The van der Waals surface area contributed by atoms with E-state index in [1.807, 2.05) is 6.07 Å². The minimum Gasteiger partial charge on any atom is -0.147 e. The molecule has 1 aliphatic rings. The first-order chi connectivity index (χ1) is 6.88. The Hall–Kier alpha value is 0.245.